The molecule has 0 radical (unpaired) electrons. The average Bonchev–Trinajstić information content (AvgIpc) is 2.96. The maximum Gasteiger partial charge on any atom is 0.223 e. The monoisotopic (exact) mass is 327 g/mol. The Morgan fingerprint density at radius 3 is 2.74 bits per heavy atom. The summed E-state index contributed by atoms with van der Waals surface area (Å²) in [6.07, 6.45) is 2.97. The van der Waals surface area contributed by atoms with Crippen molar-refractivity contribution >= 4 is 28.9 Å². The number of hydrogen-bond acceptors (Lipinski definition) is 5. The minimum atomic E-state index is 0.305. The molecular formula is C17H21N5S. The minimum Gasteiger partial charge on any atom is -0.368 e. The number of nitrogens with zero attached hydrogens (tertiary/aromatic N) is 4. The normalized spacial score (nSPS) is 12.6. The summed E-state index contributed by atoms with van der Waals surface area (Å²) in [5.41, 5.74) is 8.82. The number of nitrogens with two attached hydrogens (primary N) is 1. The van der Waals surface area contributed by atoms with E-state index < -0.39 is 0 Å². The topological polar surface area (TPSA) is 69.6 Å². The van der Waals surface area contributed by atoms with Crippen molar-refractivity contribution < 1.29 is 0 Å². The predicted molar refractivity (Wildman–Crippen MR) is 95.2 cm³/mol. The molecular weight excluding hydrogens is 306 g/mol. The van der Waals surface area contributed by atoms with Crippen molar-refractivity contribution in [2.45, 2.75) is 37.6 Å². The van der Waals surface area contributed by atoms with Gasteiger partial charge in [0.05, 0.1) is 6.33 Å². The Bertz CT molecular complexity index is 784. The molecule has 1 aromatic carbocycles. The van der Waals surface area contributed by atoms with Crippen LogP contribution in [0.5, 0.6) is 0 Å². The molecule has 23 heavy (non-hydrogen) atoms. The molecule has 3 rings (SSSR count). The number of anilines is 1. The van der Waals surface area contributed by atoms with E-state index in [4.69, 9.17) is 5.73 Å². The van der Waals surface area contributed by atoms with Crippen molar-refractivity contribution in [2.75, 3.05) is 5.73 Å². The van der Waals surface area contributed by atoms with Gasteiger partial charge in [-0.05, 0) is 11.5 Å². The Labute approximate surface area is 140 Å². The lowest BCUT2D eigenvalue weighted by molar-refractivity contribution is 0.474. The van der Waals surface area contributed by atoms with E-state index in [2.05, 4.69) is 45.5 Å². The van der Waals surface area contributed by atoms with Gasteiger partial charge in [-0.25, -0.2) is 9.97 Å². The molecule has 3 aromatic rings. The quantitative estimate of drug-likeness (QED) is 0.551. The molecule has 2 aromatic heterocycles. The highest BCUT2D eigenvalue weighted by molar-refractivity contribution is 7.98. The smallest absolute Gasteiger partial charge is 0.223 e. The van der Waals surface area contributed by atoms with E-state index in [0.29, 0.717) is 11.9 Å². The Balaban J connectivity index is 1.88. The predicted octanol–water partition coefficient (Wildman–Crippen LogP) is 3.75. The van der Waals surface area contributed by atoms with E-state index in [0.717, 1.165) is 34.9 Å². The fraction of sp³-hybridized carbons (Fsp3) is 0.353. The van der Waals surface area contributed by atoms with Gasteiger partial charge in [-0.2, -0.15) is 4.98 Å². The molecule has 5 nitrogen and oxygen atoms in total. The van der Waals surface area contributed by atoms with Crippen molar-refractivity contribution in [1.82, 2.24) is 19.5 Å². The second kappa shape index (κ2) is 7.00. The van der Waals surface area contributed by atoms with E-state index in [1.54, 1.807) is 11.8 Å². The van der Waals surface area contributed by atoms with Gasteiger partial charge in [-0.15, -0.1) is 0 Å². The van der Waals surface area contributed by atoms with Crippen molar-refractivity contribution in [2.24, 2.45) is 5.92 Å². The average molecular weight is 327 g/mol. The SMILES string of the molecule is CCC(C)Cn1cnc2c(SCc3ccccc3)nc(N)nc21. The Morgan fingerprint density at radius 1 is 1.22 bits per heavy atom. The maximum atomic E-state index is 5.91. The first-order valence-electron chi connectivity index (χ1n) is 7.82. The second-order valence-electron chi connectivity index (χ2n) is 5.74. The molecule has 0 fully saturated rings. The molecule has 0 saturated heterocycles. The van der Waals surface area contributed by atoms with E-state index in [1.165, 1.54) is 5.56 Å². The minimum absolute atomic E-state index is 0.305. The Hall–Kier alpha value is -2.08. The van der Waals surface area contributed by atoms with E-state index in [1.807, 2.05) is 24.5 Å². The van der Waals surface area contributed by atoms with Crippen molar-refractivity contribution in [3.05, 3.63) is 42.2 Å². The van der Waals surface area contributed by atoms with Gasteiger partial charge in [-0.1, -0.05) is 62.4 Å². The second-order valence-corrected chi connectivity index (χ2v) is 6.71. The number of aromatic nitrogens is 4. The van der Waals surface area contributed by atoms with Gasteiger partial charge in [0.25, 0.3) is 0 Å². The number of hydrogen-bond donors (Lipinski definition) is 1. The molecule has 1 atom stereocenters. The lowest BCUT2D eigenvalue weighted by Gasteiger charge is -2.10. The fourth-order valence-corrected chi connectivity index (χ4v) is 3.29. The number of nitrogen functional groups attached to an aromatic ring is 1. The van der Waals surface area contributed by atoms with E-state index in [9.17, 15) is 0 Å². The first-order valence-corrected chi connectivity index (χ1v) is 8.81. The molecule has 0 aliphatic carbocycles. The zero-order chi connectivity index (χ0) is 16.2. The van der Waals surface area contributed by atoms with Crippen LogP contribution in [-0.4, -0.2) is 19.5 Å². The van der Waals surface area contributed by atoms with Crippen LogP contribution in [0.3, 0.4) is 0 Å². The Kier molecular flexibility index (Phi) is 4.81. The summed E-state index contributed by atoms with van der Waals surface area (Å²) in [6, 6.07) is 10.3. The largest absolute Gasteiger partial charge is 0.368 e. The Morgan fingerprint density at radius 2 is 2.00 bits per heavy atom. The maximum absolute atomic E-state index is 5.91. The van der Waals surface area contributed by atoms with Gasteiger partial charge in [0, 0.05) is 12.3 Å². The molecule has 6 heteroatoms. The zero-order valence-corrected chi connectivity index (χ0v) is 14.3. The molecule has 120 valence electrons. The summed E-state index contributed by atoms with van der Waals surface area (Å²) in [7, 11) is 0. The molecule has 0 saturated carbocycles. The van der Waals surface area contributed by atoms with Crippen molar-refractivity contribution in [1.29, 1.82) is 0 Å². The van der Waals surface area contributed by atoms with Crippen LogP contribution in [0.15, 0.2) is 41.7 Å². The number of benzene rings is 1. The standard InChI is InChI=1S/C17H21N5S/c1-3-12(2)9-22-11-19-14-15(22)20-17(18)21-16(14)23-10-13-7-5-4-6-8-13/h4-8,11-12H,3,9-10H2,1-2H3,(H2,18,20,21). The first kappa shape index (κ1) is 15.8. The third-order valence-electron chi connectivity index (χ3n) is 3.87. The number of thioether (sulfide) groups is 1. The molecule has 0 bridgehead atoms. The zero-order valence-electron chi connectivity index (χ0n) is 13.4. The highest BCUT2D eigenvalue weighted by Crippen LogP contribution is 2.28. The lowest BCUT2D eigenvalue weighted by Crippen LogP contribution is -2.07. The molecule has 0 aliphatic rings. The van der Waals surface area contributed by atoms with Crippen molar-refractivity contribution in [3.63, 3.8) is 0 Å². The molecule has 0 amide bonds. The van der Waals surface area contributed by atoms with Crippen LogP contribution in [0.2, 0.25) is 0 Å². The summed E-state index contributed by atoms with van der Waals surface area (Å²) in [6.45, 7) is 5.31. The van der Waals surface area contributed by atoms with Crippen LogP contribution < -0.4 is 5.73 Å². The van der Waals surface area contributed by atoms with Crippen LogP contribution in [0.25, 0.3) is 11.2 Å². The van der Waals surface area contributed by atoms with Crippen molar-refractivity contribution in [3.8, 4) is 0 Å². The third-order valence-corrected chi connectivity index (χ3v) is 4.91. The lowest BCUT2D eigenvalue weighted by atomic mass is 10.1. The van der Waals surface area contributed by atoms with Crippen LogP contribution in [-0.2, 0) is 12.3 Å². The molecule has 0 aliphatic heterocycles. The summed E-state index contributed by atoms with van der Waals surface area (Å²) in [5, 5.41) is 0.847. The van der Waals surface area contributed by atoms with E-state index in [-0.39, 0.29) is 0 Å². The summed E-state index contributed by atoms with van der Waals surface area (Å²) >= 11 is 1.65. The van der Waals surface area contributed by atoms with Crippen LogP contribution >= 0.6 is 11.8 Å². The molecule has 0 spiro atoms. The van der Waals surface area contributed by atoms with Gasteiger partial charge >= 0.3 is 0 Å². The van der Waals surface area contributed by atoms with Gasteiger partial charge in [-0.3, -0.25) is 0 Å². The van der Waals surface area contributed by atoms with Crippen LogP contribution in [0.4, 0.5) is 5.95 Å². The van der Waals surface area contributed by atoms with Crippen LogP contribution in [0, 0.1) is 5.92 Å². The highest BCUT2D eigenvalue weighted by Gasteiger charge is 2.14. The molecule has 1 unspecified atom stereocenters. The van der Waals surface area contributed by atoms with Gasteiger partial charge in [0.2, 0.25) is 5.95 Å². The third kappa shape index (κ3) is 3.64. The van der Waals surface area contributed by atoms with Crippen LogP contribution in [0.1, 0.15) is 25.8 Å². The fourth-order valence-electron chi connectivity index (χ4n) is 2.36. The first-order chi connectivity index (χ1) is 11.2. The number of rotatable bonds is 6. The highest BCUT2D eigenvalue weighted by atomic mass is 32.2. The number of fused-ring (bicyclic) bond motifs is 1. The summed E-state index contributed by atoms with van der Waals surface area (Å²) in [4.78, 5) is 13.3. The van der Waals surface area contributed by atoms with Gasteiger partial charge in [0.1, 0.15) is 10.5 Å². The van der Waals surface area contributed by atoms with Gasteiger partial charge < -0.3 is 10.3 Å². The summed E-state index contributed by atoms with van der Waals surface area (Å²) in [5.74, 6) is 1.72. The number of imidazole rings is 1. The molecule has 2 heterocycles. The molecule has 2 N–H and O–H groups in total. The summed E-state index contributed by atoms with van der Waals surface area (Å²) < 4.78 is 2.08. The van der Waals surface area contributed by atoms with Gasteiger partial charge in [0.15, 0.2) is 5.65 Å². The van der Waals surface area contributed by atoms with E-state index >= 15 is 0 Å².